The van der Waals surface area contributed by atoms with Gasteiger partial charge in [0.05, 0.1) is 6.26 Å². The number of carbonyl (C=O) groups excluding carboxylic acids is 1. The van der Waals surface area contributed by atoms with Gasteiger partial charge >= 0.3 is 0 Å². The van der Waals surface area contributed by atoms with E-state index in [4.69, 9.17) is 9.40 Å². The minimum absolute atomic E-state index is 0.0609. The van der Waals surface area contributed by atoms with Gasteiger partial charge in [-0.05, 0) is 42.7 Å². The molecule has 0 spiro atoms. The summed E-state index contributed by atoms with van der Waals surface area (Å²) in [6.07, 6.45) is 5.58. The van der Waals surface area contributed by atoms with E-state index in [1.165, 1.54) is 17.5 Å². The summed E-state index contributed by atoms with van der Waals surface area (Å²) in [4.78, 5) is 28.1. The lowest BCUT2D eigenvalue weighted by molar-refractivity contribution is 0.0714. The lowest BCUT2D eigenvalue weighted by Crippen LogP contribution is -2.49. The van der Waals surface area contributed by atoms with Gasteiger partial charge in [-0.1, -0.05) is 18.2 Å². The average molecular weight is 389 g/mol. The van der Waals surface area contributed by atoms with Crippen LogP contribution in [0.4, 0.5) is 17.5 Å². The first-order valence-corrected chi connectivity index (χ1v) is 10.1. The predicted molar refractivity (Wildman–Crippen MR) is 111 cm³/mol. The van der Waals surface area contributed by atoms with Crippen LogP contribution in [0.15, 0.2) is 59.3 Å². The number of hydrogen-bond acceptors (Lipinski definition) is 6. The summed E-state index contributed by atoms with van der Waals surface area (Å²) in [7, 11) is 0. The highest BCUT2D eigenvalue weighted by Crippen LogP contribution is 2.32. The molecule has 1 fully saturated rings. The van der Waals surface area contributed by atoms with Crippen LogP contribution in [0.25, 0.3) is 0 Å². The van der Waals surface area contributed by atoms with Crippen molar-refractivity contribution in [1.29, 1.82) is 0 Å². The number of piperazine rings is 1. The Kier molecular flexibility index (Phi) is 4.63. The summed E-state index contributed by atoms with van der Waals surface area (Å²) >= 11 is 0. The third-order valence-electron chi connectivity index (χ3n) is 5.60. The number of aryl methyl sites for hydroxylation is 1. The summed E-state index contributed by atoms with van der Waals surface area (Å²) in [5, 5.41) is 0. The minimum atomic E-state index is -0.0609. The van der Waals surface area contributed by atoms with Gasteiger partial charge in [0.15, 0.2) is 5.76 Å². The Morgan fingerprint density at radius 3 is 2.66 bits per heavy atom. The fraction of sp³-hybridized carbons (Fsp3) is 0.318. The molecule has 3 aromatic rings. The van der Waals surface area contributed by atoms with E-state index < -0.39 is 0 Å². The molecule has 2 aromatic heterocycles. The summed E-state index contributed by atoms with van der Waals surface area (Å²) in [6, 6.07) is 13.9. The molecule has 0 N–H and O–H groups in total. The van der Waals surface area contributed by atoms with Gasteiger partial charge in [0, 0.05) is 44.6 Å². The number of anilines is 3. The first-order valence-electron chi connectivity index (χ1n) is 10.1. The highest BCUT2D eigenvalue weighted by atomic mass is 16.3. The molecular formula is C22H23N5O2. The Morgan fingerprint density at radius 2 is 1.83 bits per heavy atom. The van der Waals surface area contributed by atoms with Crippen LogP contribution in [0.3, 0.4) is 0 Å². The highest BCUT2D eigenvalue weighted by molar-refractivity contribution is 5.91. The van der Waals surface area contributed by atoms with Gasteiger partial charge in [-0.25, -0.2) is 4.98 Å². The van der Waals surface area contributed by atoms with Crippen LogP contribution in [0.1, 0.15) is 22.5 Å². The van der Waals surface area contributed by atoms with Crippen molar-refractivity contribution in [2.75, 3.05) is 42.5 Å². The van der Waals surface area contributed by atoms with Gasteiger partial charge in [0.1, 0.15) is 5.82 Å². The van der Waals surface area contributed by atoms with E-state index in [-0.39, 0.29) is 5.91 Å². The molecule has 0 atom stereocenters. The first-order chi connectivity index (χ1) is 14.3. The topological polar surface area (TPSA) is 65.7 Å². The number of rotatable bonds is 3. The molecule has 5 rings (SSSR count). The fourth-order valence-electron chi connectivity index (χ4n) is 4.08. The van der Waals surface area contributed by atoms with Crippen molar-refractivity contribution >= 4 is 23.4 Å². The maximum Gasteiger partial charge on any atom is 0.289 e. The molecule has 148 valence electrons. The monoisotopic (exact) mass is 389 g/mol. The maximum atomic E-state index is 12.5. The third kappa shape index (κ3) is 3.44. The van der Waals surface area contributed by atoms with Crippen LogP contribution < -0.4 is 9.80 Å². The zero-order valence-electron chi connectivity index (χ0n) is 16.2. The van der Waals surface area contributed by atoms with E-state index in [9.17, 15) is 4.79 Å². The van der Waals surface area contributed by atoms with Crippen molar-refractivity contribution in [3.63, 3.8) is 0 Å². The second kappa shape index (κ2) is 7.58. The summed E-state index contributed by atoms with van der Waals surface area (Å²) in [5.41, 5.74) is 2.60. The van der Waals surface area contributed by atoms with Crippen LogP contribution in [-0.2, 0) is 6.42 Å². The normalized spacial score (nSPS) is 16.6. The molecule has 0 radical (unpaired) electrons. The number of aromatic nitrogens is 2. The number of benzene rings is 1. The van der Waals surface area contributed by atoms with Crippen molar-refractivity contribution in [2.45, 2.75) is 12.8 Å². The van der Waals surface area contributed by atoms with Gasteiger partial charge in [-0.15, -0.1) is 0 Å². The zero-order valence-corrected chi connectivity index (χ0v) is 16.2. The number of fused-ring (bicyclic) bond motifs is 1. The van der Waals surface area contributed by atoms with E-state index in [1.54, 1.807) is 12.1 Å². The molecular weight excluding hydrogens is 366 g/mol. The molecule has 1 amide bonds. The standard InChI is InChI=1S/C22H23N5O2/c28-21(19-8-4-16-29-19)25-12-14-26(15-13-25)22-23-10-9-20(24-22)27-11-3-6-17-5-1-2-7-18(17)27/h1-2,4-5,7-10,16H,3,6,11-15H2. The Morgan fingerprint density at radius 1 is 0.966 bits per heavy atom. The predicted octanol–water partition coefficient (Wildman–Crippen LogP) is 3.12. The summed E-state index contributed by atoms with van der Waals surface area (Å²) in [6.45, 7) is 3.61. The molecule has 4 heterocycles. The molecule has 0 saturated carbocycles. The minimum Gasteiger partial charge on any atom is -0.459 e. The number of carbonyl (C=O) groups is 1. The lowest BCUT2D eigenvalue weighted by atomic mass is 10.0. The van der Waals surface area contributed by atoms with Gasteiger partial charge in [-0.2, -0.15) is 4.98 Å². The maximum absolute atomic E-state index is 12.5. The van der Waals surface area contributed by atoms with Gasteiger partial charge in [-0.3, -0.25) is 4.79 Å². The van der Waals surface area contributed by atoms with Gasteiger partial charge in [0.2, 0.25) is 5.95 Å². The second-order valence-electron chi connectivity index (χ2n) is 7.36. The fourth-order valence-corrected chi connectivity index (χ4v) is 4.08. The number of nitrogens with zero attached hydrogens (tertiary/aromatic N) is 5. The molecule has 2 aliphatic rings. The number of para-hydroxylation sites is 1. The molecule has 0 aliphatic carbocycles. The second-order valence-corrected chi connectivity index (χ2v) is 7.36. The van der Waals surface area contributed by atoms with Crippen LogP contribution >= 0.6 is 0 Å². The van der Waals surface area contributed by atoms with Crippen LogP contribution in [0.2, 0.25) is 0 Å². The molecule has 7 heteroatoms. The van der Waals surface area contributed by atoms with Crippen LogP contribution in [-0.4, -0.2) is 53.5 Å². The largest absolute Gasteiger partial charge is 0.459 e. The first kappa shape index (κ1) is 17.7. The van der Waals surface area contributed by atoms with E-state index in [0.29, 0.717) is 31.9 Å². The van der Waals surface area contributed by atoms with Crippen molar-refractivity contribution in [2.24, 2.45) is 0 Å². The lowest BCUT2D eigenvalue weighted by Gasteiger charge is -2.35. The van der Waals surface area contributed by atoms with Gasteiger partial charge < -0.3 is 19.1 Å². The number of furan rings is 1. The summed E-state index contributed by atoms with van der Waals surface area (Å²) < 4.78 is 5.24. The number of amides is 1. The number of hydrogen-bond donors (Lipinski definition) is 0. The molecule has 0 unspecified atom stereocenters. The highest BCUT2D eigenvalue weighted by Gasteiger charge is 2.26. The van der Waals surface area contributed by atoms with E-state index in [2.05, 4.69) is 39.0 Å². The van der Waals surface area contributed by atoms with E-state index in [1.807, 2.05) is 17.2 Å². The third-order valence-corrected chi connectivity index (χ3v) is 5.60. The Balaban J connectivity index is 1.31. The van der Waals surface area contributed by atoms with Crippen LogP contribution in [0.5, 0.6) is 0 Å². The van der Waals surface area contributed by atoms with Crippen molar-refractivity contribution in [3.05, 3.63) is 66.2 Å². The van der Waals surface area contributed by atoms with Crippen LogP contribution in [0, 0.1) is 0 Å². The van der Waals surface area contributed by atoms with Crippen molar-refractivity contribution in [1.82, 2.24) is 14.9 Å². The van der Waals surface area contributed by atoms with Crippen molar-refractivity contribution < 1.29 is 9.21 Å². The molecule has 2 aliphatic heterocycles. The molecule has 1 saturated heterocycles. The SMILES string of the molecule is O=C(c1ccco1)N1CCN(c2nccc(N3CCCc4ccccc43)n2)CC1. The Bertz CT molecular complexity index is 996. The smallest absolute Gasteiger partial charge is 0.289 e. The van der Waals surface area contributed by atoms with E-state index >= 15 is 0 Å². The zero-order chi connectivity index (χ0) is 19.6. The van der Waals surface area contributed by atoms with E-state index in [0.717, 1.165) is 31.2 Å². The molecule has 0 bridgehead atoms. The Labute approximate surface area is 169 Å². The summed E-state index contributed by atoms with van der Waals surface area (Å²) in [5.74, 6) is 1.97. The molecule has 29 heavy (non-hydrogen) atoms. The van der Waals surface area contributed by atoms with Crippen molar-refractivity contribution in [3.8, 4) is 0 Å². The quantitative estimate of drug-likeness (QED) is 0.686. The molecule has 7 nitrogen and oxygen atoms in total. The average Bonchev–Trinajstić information content (AvgIpc) is 3.33. The van der Waals surface area contributed by atoms with Gasteiger partial charge in [0.25, 0.3) is 5.91 Å². The molecule has 1 aromatic carbocycles. The Hall–Kier alpha value is -3.35.